The van der Waals surface area contributed by atoms with Crippen molar-refractivity contribution in [3.63, 3.8) is 0 Å². The summed E-state index contributed by atoms with van der Waals surface area (Å²) in [4.78, 5) is 21.7. The van der Waals surface area contributed by atoms with Crippen LogP contribution in [0.5, 0.6) is 0 Å². The average molecular weight is 376 g/mol. The van der Waals surface area contributed by atoms with Crippen LogP contribution < -0.4 is 10.6 Å². The first kappa shape index (κ1) is 18.1. The predicted molar refractivity (Wildman–Crippen MR) is 107 cm³/mol. The van der Waals surface area contributed by atoms with Crippen LogP contribution >= 0.6 is 0 Å². The third kappa shape index (κ3) is 4.71. The van der Waals surface area contributed by atoms with E-state index in [9.17, 15) is 9.18 Å². The number of carbonyl (C=O) groups is 1. The number of hydrogen-bond acceptors (Lipinski definition) is 4. The number of rotatable bonds is 7. The van der Waals surface area contributed by atoms with E-state index >= 15 is 0 Å². The van der Waals surface area contributed by atoms with Crippen LogP contribution in [0.2, 0.25) is 0 Å². The molecule has 0 spiro atoms. The van der Waals surface area contributed by atoms with Gasteiger partial charge >= 0.3 is 0 Å². The molecular formula is C22H21FN4O. The zero-order valence-corrected chi connectivity index (χ0v) is 15.4. The van der Waals surface area contributed by atoms with Crippen molar-refractivity contribution < 1.29 is 9.18 Å². The highest BCUT2D eigenvalue weighted by Crippen LogP contribution is 2.25. The Morgan fingerprint density at radius 3 is 2.50 bits per heavy atom. The van der Waals surface area contributed by atoms with E-state index in [1.54, 1.807) is 18.2 Å². The van der Waals surface area contributed by atoms with Crippen LogP contribution in [0.4, 0.5) is 10.2 Å². The SMILES string of the molecule is O=C(NCCc1ccc(F)cc1)c1cc(NC2CC2)nc(-c2ccccc2)n1. The minimum atomic E-state index is -0.266. The summed E-state index contributed by atoms with van der Waals surface area (Å²) in [7, 11) is 0. The first-order valence-electron chi connectivity index (χ1n) is 9.41. The molecule has 1 aromatic heterocycles. The second kappa shape index (κ2) is 8.17. The summed E-state index contributed by atoms with van der Waals surface area (Å²) in [6.07, 6.45) is 2.85. The highest BCUT2D eigenvalue weighted by molar-refractivity contribution is 5.93. The number of halogens is 1. The van der Waals surface area contributed by atoms with Gasteiger partial charge in [-0.05, 0) is 37.0 Å². The standard InChI is InChI=1S/C22H21FN4O/c23-17-8-6-15(7-9-17)12-13-24-22(28)19-14-20(25-18-10-11-18)27-21(26-19)16-4-2-1-3-5-16/h1-9,14,18H,10-13H2,(H,24,28)(H,25,26,27). The molecule has 6 heteroatoms. The van der Waals surface area contributed by atoms with Gasteiger partial charge in [-0.2, -0.15) is 0 Å². The monoisotopic (exact) mass is 376 g/mol. The van der Waals surface area contributed by atoms with E-state index in [0.717, 1.165) is 24.0 Å². The molecule has 5 nitrogen and oxygen atoms in total. The van der Waals surface area contributed by atoms with Crippen molar-refractivity contribution in [2.24, 2.45) is 0 Å². The van der Waals surface area contributed by atoms with Crippen molar-refractivity contribution in [2.45, 2.75) is 25.3 Å². The quantitative estimate of drug-likeness (QED) is 0.658. The second-order valence-electron chi connectivity index (χ2n) is 6.88. The van der Waals surface area contributed by atoms with E-state index < -0.39 is 0 Å². The van der Waals surface area contributed by atoms with Crippen LogP contribution in [0.3, 0.4) is 0 Å². The Kier molecular flexibility index (Phi) is 5.28. The fraction of sp³-hybridized carbons (Fsp3) is 0.227. The number of nitrogens with one attached hydrogen (secondary N) is 2. The average Bonchev–Trinajstić information content (AvgIpc) is 3.54. The molecule has 0 radical (unpaired) electrons. The number of amides is 1. The third-order valence-electron chi connectivity index (χ3n) is 4.53. The van der Waals surface area contributed by atoms with Crippen molar-refractivity contribution in [1.82, 2.24) is 15.3 Å². The molecule has 2 N–H and O–H groups in total. The Bertz CT molecular complexity index is 956. The molecule has 0 saturated heterocycles. The van der Waals surface area contributed by atoms with Gasteiger partial charge in [0.15, 0.2) is 5.82 Å². The number of aromatic nitrogens is 2. The van der Waals surface area contributed by atoms with Gasteiger partial charge in [0.2, 0.25) is 0 Å². The van der Waals surface area contributed by atoms with E-state index in [0.29, 0.717) is 36.3 Å². The summed E-state index contributed by atoms with van der Waals surface area (Å²) in [5, 5.41) is 6.23. The molecule has 1 amide bonds. The van der Waals surface area contributed by atoms with Crippen LogP contribution in [0.1, 0.15) is 28.9 Å². The van der Waals surface area contributed by atoms with Crippen molar-refractivity contribution in [2.75, 3.05) is 11.9 Å². The lowest BCUT2D eigenvalue weighted by molar-refractivity contribution is 0.0949. The maximum Gasteiger partial charge on any atom is 0.270 e. The zero-order valence-electron chi connectivity index (χ0n) is 15.4. The van der Waals surface area contributed by atoms with E-state index in [2.05, 4.69) is 20.6 Å². The van der Waals surface area contributed by atoms with E-state index in [-0.39, 0.29) is 11.7 Å². The van der Waals surface area contributed by atoms with Gasteiger partial charge in [0.1, 0.15) is 17.3 Å². The fourth-order valence-electron chi connectivity index (χ4n) is 2.85. The molecule has 4 rings (SSSR count). The smallest absolute Gasteiger partial charge is 0.270 e. The van der Waals surface area contributed by atoms with Gasteiger partial charge in [0, 0.05) is 24.2 Å². The highest BCUT2D eigenvalue weighted by Gasteiger charge is 2.22. The van der Waals surface area contributed by atoms with Gasteiger partial charge in [-0.3, -0.25) is 4.79 Å². The maximum atomic E-state index is 13.0. The summed E-state index contributed by atoms with van der Waals surface area (Å²) >= 11 is 0. The maximum absolute atomic E-state index is 13.0. The molecular weight excluding hydrogens is 355 g/mol. The molecule has 1 fully saturated rings. The minimum Gasteiger partial charge on any atom is -0.367 e. The molecule has 1 aliphatic carbocycles. The van der Waals surface area contributed by atoms with Crippen molar-refractivity contribution in [1.29, 1.82) is 0 Å². The molecule has 2 aromatic carbocycles. The third-order valence-corrected chi connectivity index (χ3v) is 4.53. The van der Waals surface area contributed by atoms with Crippen molar-refractivity contribution in [3.8, 4) is 11.4 Å². The lowest BCUT2D eigenvalue weighted by Crippen LogP contribution is -2.27. The topological polar surface area (TPSA) is 66.9 Å². The van der Waals surface area contributed by atoms with Gasteiger partial charge in [-0.1, -0.05) is 42.5 Å². The van der Waals surface area contributed by atoms with Gasteiger partial charge in [-0.25, -0.2) is 14.4 Å². The Hall–Kier alpha value is -3.28. The zero-order chi connectivity index (χ0) is 19.3. The predicted octanol–water partition coefficient (Wildman–Crippen LogP) is 3.83. The first-order valence-corrected chi connectivity index (χ1v) is 9.41. The Labute approximate surface area is 163 Å². The van der Waals surface area contributed by atoms with E-state index in [1.807, 2.05) is 30.3 Å². The molecule has 0 unspecified atom stereocenters. The molecule has 142 valence electrons. The minimum absolute atomic E-state index is 0.250. The molecule has 1 aliphatic rings. The summed E-state index contributed by atoms with van der Waals surface area (Å²) in [5.41, 5.74) is 2.16. The second-order valence-corrected chi connectivity index (χ2v) is 6.88. The van der Waals surface area contributed by atoms with Crippen LogP contribution in [-0.2, 0) is 6.42 Å². The lowest BCUT2D eigenvalue weighted by Gasteiger charge is -2.10. The van der Waals surface area contributed by atoms with Crippen LogP contribution in [0, 0.1) is 5.82 Å². The molecule has 1 saturated carbocycles. The Morgan fingerprint density at radius 1 is 1.04 bits per heavy atom. The number of benzene rings is 2. The normalized spacial score (nSPS) is 13.2. The van der Waals surface area contributed by atoms with Crippen LogP contribution in [0.25, 0.3) is 11.4 Å². The van der Waals surface area contributed by atoms with Crippen molar-refractivity contribution in [3.05, 3.63) is 77.7 Å². The fourth-order valence-corrected chi connectivity index (χ4v) is 2.85. The van der Waals surface area contributed by atoms with Crippen LogP contribution in [-0.4, -0.2) is 28.5 Å². The largest absolute Gasteiger partial charge is 0.367 e. The molecule has 28 heavy (non-hydrogen) atoms. The van der Waals surface area contributed by atoms with E-state index in [1.165, 1.54) is 12.1 Å². The number of hydrogen-bond donors (Lipinski definition) is 2. The van der Waals surface area contributed by atoms with Crippen molar-refractivity contribution >= 4 is 11.7 Å². The highest BCUT2D eigenvalue weighted by atomic mass is 19.1. The van der Waals surface area contributed by atoms with E-state index in [4.69, 9.17) is 0 Å². The Morgan fingerprint density at radius 2 is 1.79 bits per heavy atom. The number of nitrogens with zero attached hydrogens (tertiary/aromatic N) is 2. The molecule has 0 bridgehead atoms. The van der Waals surface area contributed by atoms with Gasteiger partial charge in [-0.15, -0.1) is 0 Å². The first-order chi connectivity index (χ1) is 13.7. The number of carbonyl (C=O) groups excluding carboxylic acids is 1. The summed E-state index contributed by atoms with van der Waals surface area (Å²) < 4.78 is 13.0. The van der Waals surface area contributed by atoms with Crippen LogP contribution in [0.15, 0.2) is 60.7 Å². The summed E-state index contributed by atoms with van der Waals surface area (Å²) in [5.74, 6) is 0.674. The molecule has 0 aliphatic heterocycles. The molecule has 1 heterocycles. The summed E-state index contributed by atoms with van der Waals surface area (Å²) in [6.45, 7) is 0.445. The van der Waals surface area contributed by atoms with Gasteiger partial charge in [0.05, 0.1) is 0 Å². The number of anilines is 1. The summed E-state index contributed by atoms with van der Waals surface area (Å²) in [6, 6.07) is 18.0. The lowest BCUT2D eigenvalue weighted by atomic mass is 10.1. The molecule has 0 atom stereocenters. The Balaban J connectivity index is 1.48. The molecule has 3 aromatic rings. The van der Waals surface area contributed by atoms with Gasteiger partial charge in [0.25, 0.3) is 5.91 Å². The van der Waals surface area contributed by atoms with Gasteiger partial charge < -0.3 is 10.6 Å².